The van der Waals surface area contributed by atoms with Crippen molar-refractivity contribution < 1.29 is 9.59 Å². The van der Waals surface area contributed by atoms with Gasteiger partial charge in [-0.05, 0) is 11.6 Å². The smallest absolute Gasteiger partial charge is 0.239 e. The Hall–Kier alpha value is -1.81. The second kappa shape index (κ2) is 7.59. The largest absolute Gasteiger partial charge is 0.351 e. The molecular weight excluding hydrogens is 264 g/mol. The first-order valence-corrected chi connectivity index (χ1v) is 6.29. The topological polar surface area (TPSA) is 49.4 Å². The zero-order valence-electron chi connectivity index (χ0n) is 10.9. The highest BCUT2D eigenvalue weighted by Crippen LogP contribution is 2.16. The third-order valence-electron chi connectivity index (χ3n) is 2.54. The first kappa shape index (κ1) is 15.2. The van der Waals surface area contributed by atoms with Crippen molar-refractivity contribution in [2.75, 3.05) is 13.1 Å². The summed E-state index contributed by atoms with van der Waals surface area (Å²) in [4.78, 5) is 24.6. The van der Waals surface area contributed by atoms with Gasteiger partial charge >= 0.3 is 0 Å². The fourth-order valence-corrected chi connectivity index (χ4v) is 1.72. The monoisotopic (exact) mass is 280 g/mol. The lowest BCUT2D eigenvalue weighted by molar-refractivity contribution is -0.134. The van der Waals surface area contributed by atoms with Gasteiger partial charge in [0.25, 0.3) is 0 Å². The summed E-state index contributed by atoms with van der Waals surface area (Å²) in [6.07, 6.45) is 1.59. The normalized spacial score (nSPS) is 9.79. The Balaban J connectivity index is 2.68. The van der Waals surface area contributed by atoms with E-state index >= 15 is 0 Å². The van der Waals surface area contributed by atoms with Crippen LogP contribution in [0.15, 0.2) is 36.9 Å². The van der Waals surface area contributed by atoms with E-state index in [0.29, 0.717) is 18.1 Å². The number of halogens is 1. The van der Waals surface area contributed by atoms with Crippen LogP contribution in [0.1, 0.15) is 12.5 Å². The SMILES string of the molecule is C=CCNC(=O)CN(Cc1ccccc1Cl)C(C)=O. The summed E-state index contributed by atoms with van der Waals surface area (Å²) in [6, 6.07) is 7.25. The third-order valence-corrected chi connectivity index (χ3v) is 2.91. The molecule has 1 aromatic rings. The maximum Gasteiger partial charge on any atom is 0.239 e. The van der Waals surface area contributed by atoms with Gasteiger partial charge in [-0.25, -0.2) is 0 Å². The van der Waals surface area contributed by atoms with Crippen LogP contribution in [-0.4, -0.2) is 29.8 Å². The second-order valence-electron chi connectivity index (χ2n) is 4.06. The molecule has 0 unspecified atom stereocenters. The van der Waals surface area contributed by atoms with Crippen molar-refractivity contribution in [3.05, 3.63) is 47.5 Å². The van der Waals surface area contributed by atoms with Crippen molar-refractivity contribution in [2.24, 2.45) is 0 Å². The van der Waals surface area contributed by atoms with Gasteiger partial charge in [-0.15, -0.1) is 6.58 Å². The fraction of sp³-hybridized carbons (Fsp3) is 0.286. The molecule has 0 aliphatic carbocycles. The van der Waals surface area contributed by atoms with Gasteiger partial charge < -0.3 is 10.2 Å². The molecule has 0 saturated carbocycles. The number of benzene rings is 1. The Kier molecular flexibility index (Phi) is 6.09. The number of hydrogen-bond acceptors (Lipinski definition) is 2. The van der Waals surface area contributed by atoms with E-state index in [9.17, 15) is 9.59 Å². The summed E-state index contributed by atoms with van der Waals surface area (Å²) in [6.45, 7) is 5.65. The molecule has 0 aliphatic heterocycles. The number of nitrogens with zero attached hydrogens (tertiary/aromatic N) is 1. The Morgan fingerprint density at radius 1 is 1.42 bits per heavy atom. The van der Waals surface area contributed by atoms with Gasteiger partial charge in [-0.1, -0.05) is 35.9 Å². The minimum absolute atomic E-state index is 0.00833. The minimum atomic E-state index is -0.220. The first-order chi connectivity index (χ1) is 9.04. The predicted molar refractivity (Wildman–Crippen MR) is 75.7 cm³/mol. The second-order valence-corrected chi connectivity index (χ2v) is 4.47. The lowest BCUT2D eigenvalue weighted by Gasteiger charge is -2.21. The van der Waals surface area contributed by atoms with Gasteiger partial charge in [0.05, 0.1) is 6.54 Å². The number of carbonyl (C=O) groups excluding carboxylic acids is 2. The van der Waals surface area contributed by atoms with Gasteiger partial charge in [0.2, 0.25) is 11.8 Å². The van der Waals surface area contributed by atoms with Crippen LogP contribution >= 0.6 is 11.6 Å². The van der Waals surface area contributed by atoms with Crippen molar-refractivity contribution >= 4 is 23.4 Å². The van der Waals surface area contributed by atoms with Crippen molar-refractivity contribution in [2.45, 2.75) is 13.5 Å². The Bertz CT molecular complexity index is 474. The first-order valence-electron chi connectivity index (χ1n) is 5.91. The highest BCUT2D eigenvalue weighted by Gasteiger charge is 2.14. The number of amides is 2. The lowest BCUT2D eigenvalue weighted by Crippen LogP contribution is -2.39. The molecule has 5 heteroatoms. The van der Waals surface area contributed by atoms with E-state index in [4.69, 9.17) is 11.6 Å². The number of carbonyl (C=O) groups is 2. The van der Waals surface area contributed by atoms with Crippen LogP contribution in [0.25, 0.3) is 0 Å². The molecule has 0 spiro atoms. The summed E-state index contributed by atoms with van der Waals surface area (Å²) in [5.41, 5.74) is 0.816. The van der Waals surface area contributed by atoms with E-state index in [-0.39, 0.29) is 18.4 Å². The molecule has 19 heavy (non-hydrogen) atoms. The van der Waals surface area contributed by atoms with Crippen LogP contribution in [0.3, 0.4) is 0 Å². The van der Waals surface area contributed by atoms with Crippen LogP contribution in [0, 0.1) is 0 Å². The van der Waals surface area contributed by atoms with E-state index in [2.05, 4.69) is 11.9 Å². The van der Waals surface area contributed by atoms with Crippen LogP contribution in [0.5, 0.6) is 0 Å². The minimum Gasteiger partial charge on any atom is -0.351 e. The summed E-state index contributed by atoms with van der Waals surface area (Å²) >= 11 is 6.04. The average Bonchev–Trinajstić information content (AvgIpc) is 2.38. The van der Waals surface area contributed by atoms with Gasteiger partial charge in [0.15, 0.2) is 0 Å². The van der Waals surface area contributed by atoms with Crippen molar-refractivity contribution in [1.29, 1.82) is 0 Å². The summed E-state index contributed by atoms with van der Waals surface area (Å²) < 4.78 is 0. The lowest BCUT2D eigenvalue weighted by atomic mass is 10.2. The molecule has 0 bridgehead atoms. The Morgan fingerprint density at radius 3 is 2.68 bits per heavy atom. The highest BCUT2D eigenvalue weighted by molar-refractivity contribution is 6.31. The summed E-state index contributed by atoms with van der Waals surface area (Å²) in [5.74, 6) is -0.393. The molecule has 0 aliphatic rings. The average molecular weight is 281 g/mol. The standard InChI is InChI=1S/C14H17ClN2O2/c1-3-8-16-14(19)10-17(11(2)18)9-12-6-4-5-7-13(12)15/h3-7H,1,8-10H2,2H3,(H,16,19). The molecule has 4 nitrogen and oxygen atoms in total. The molecule has 0 fully saturated rings. The van der Waals surface area contributed by atoms with E-state index in [1.54, 1.807) is 12.1 Å². The molecule has 1 rings (SSSR count). The summed E-state index contributed by atoms with van der Waals surface area (Å²) in [7, 11) is 0. The fourth-order valence-electron chi connectivity index (χ4n) is 1.53. The van der Waals surface area contributed by atoms with Gasteiger partial charge in [0, 0.05) is 25.0 Å². The number of nitrogens with one attached hydrogen (secondary N) is 1. The molecule has 1 aromatic carbocycles. The molecule has 0 aromatic heterocycles. The molecular formula is C14H17ClN2O2. The Labute approximate surface area is 118 Å². The third kappa shape index (κ3) is 5.14. The zero-order valence-corrected chi connectivity index (χ0v) is 11.6. The van der Waals surface area contributed by atoms with Crippen LogP contribution in [-0.2, 0) is 16.1 Å². The highest BCUT2D eigenvalue weighted by atomic mass is 35.5. The zero-order chi connectivity index (χ0) is 14.3. The van der Waals surface area contributed by atoms with E-state index in [0.717, 1.165) is 5.56 Å². The predicted octanol–water partition coefficient (Wildman–Crippen LogP) is 1.99. The van der Waals surface area contributed by atoms with Crippen molar-refractivity contribution in [3.63, 3.8) is 0 Å². The van der Waals surface area contributed by atoms with Gasteiger partial charge in [-0.2, -0.15) is 0 Å². The Morgan fingerprint density at radius 2 is 2.11 bits per heavy atom. The molecule has 1 N–H and O–H groups in total. The number of hydrogen-bond donors (Lipinski definition) is 1. The quantitative estimate of drug-likeness (QED) is 0.810. The maximum atomic E-state index is 11.6. The molecule has 102 valence electrons. The van der Waals surface area contributed by atoms with Crippen molar-refractivity contribution in [1.82, 2.24) is 10.2 Å². The summed E-state index contributed by atoms with van der Waals surface area (Å²) in [5, 5.41) is 3.22. The number of rotatable bonds is 6. The van der Waals surface area contributed by atoms with Crippen LogP contribution in [0.4, 0.5) is 0 Å². The van der Waals surface area contributed by atoms with Crippen molar-refractivity contribution in [3.8, 4) is 0 Å². The van der Waals surface area contributed by atoms with Crippen LogP contribution in [0.2, 0.25) is 5.02 Å². The molecule has 2 amide bonds. The molecule has 0 atom stereocenters. The van der Waals surface area contributed by atoms with Crippen LogP contribution < -0.4 is 5.32 Å². The molecule has 0 heterocycles. The van der Waals surface area contributed by atoms with Gasteiger partial charge in [0.1, 0.15) is 0 Å². The van der Waals surface area contributed by atoms with Gasteiger partial charge in [-0.3, -0.25) is 9.59 Å². The maximum absolute atomic E-state index is 11.6. The molecule has 0 radical (unpaired) electrons. The molecule has 0 saturated heterocycles. The van der Waals surface area contributed by atoms with E-state index in [1.165, 1.54) is 11.8 Å². The van der Waals surface area contributed by atoms with E-state index in [1.807, 2.05) is 18.2 Å². The van der Waals surface area contributed by atoms with E-state index < -0.39 is 0 Å².